The summed E-state index contributed by atoms with van der Waals surface area (Å²) in [6, 6.07) is 0.346. The third kappa shape index (κ3) is 2.58. The zero-order valence-electron chi connectivity index (χ0n) is 9.16. The summed E-state index contributed by atoms with van der Waals surface area (Å²) >= 11 is 0. The fraction of sp³-hybridized carbons (Fsp3) is 0.600. The van der Waals surface area contributed by atoms with Crippen LogP contribution in [0.5, 0.6) is 0 Å². The lowest BCUT2D eigenvalue weighted by Crippen LogP contribution is -2.28. The van der Waals surface area contributed by atoms with Gasteiger partial charge in [-0.25, -0.2) is 0 Å². The number of nitrogens with zero attached hydrogens (tertiary/aromatic N) is 2. The first-order valence-electron chi connectivity index (χ1n) is 4.74. The second-order valence-corrected chi connectivity index (χ2v) is 3.87. The summed E-state index contributed by atoms with van der Waals surface area (Å²) in [7, 11) is 3.49. The van der Waals surface area contributed by atoms with E-state index in [2.05, 4.69) is 10.3 Å². The number of hydrogen-bond acceptors (Lipinski definition) is 3. The van der Waals surface area contributed by atoms with Gasteiger partial charge in [0.2, 0.25) is 0 Å². The highest BCUT2D eigenvalue weighted by molar-refractivity contribution is 6.06. The standard InChI is InChI=1S/C10H17N3O/c1-7(2)12-9-5-8(6-11-9)10(14)13(3)4/h5,7H,6H2,1-4H3,(H,11,12). The number of rotatable bonds is 2. The van der Waals surface area contributed by atoms with Crippen molar-refractivity contribution in [1.29, 1.82) is 0 Å². The summed E-state index contributed by atoms with van der Waals surface area (Å²) in [6.45, 7) is 4.58. The Bertz CT molecular complexity index is 290. The van der Waals surface area contributed by atoms with Crippen LogP contribution in [0.3, 0.4) is 0 Å². The van der Waals surface area contributed by atoms with Crippen LogP contribution >= 0.6 is 0 Å². The lowest BCUT2D eigenvalue weighted by molar-refractivity contribution is -0.124. The maximum Gasteiger partial charge on any atom is 0.251 e. The molecule has 1 amide bonds. The van der Waals surface area contributed by atoms with Gasteiger partial charge in [-0.1, -0.05) is 0 Å². The van der Waals surface area contributed by atoms with Gasteiger partial charge < -0.3 is 10.2 Å². The van der Waals surface area contributed by atoms with Gasteiger partial charge in [0.15, 0.2) is 0 Å². The maximum atomic E-state index is 11.5. The molecule has 0 unspecified atom stereocenters. The molecule has 0 aromatic carbocycles. The summed E-state index contributed by atoms with van der Waals surface area (Å²) < 4.78 is 0. The molecule has 4 heteroatoms. The highest BCUT2D eigenvalue weighted by Gasteiger charge is 2.16. The molecule has 78 valence electrons. The average molecular weight is 195 g/mol. The van der Waals surface area contributed by atoms with Crippen LogP contribution in [0, 0.1) is 0 Å². The topological polar surface area (TPSA) is 44.7 Å². The number of carbonyl (C=O) groups is 1. The molecule has 14 heavy (non-hydrogen) atoms. The summed E-state index contributed by atoms with van der Waals surface area (Å²) in [5, 5.41) is 3.17. The number of nitrogens with one attached hydrogen (secondary N) is 1. The van der Waals surface area contributed by atoms with Crippen molar-refractivity contribution < 1.29 is 4.79 Å². The van der Waals surface area contributed by atoms with E-state index in [1.54, 1.807) is 19.0 Å². The highest BCUT2D eigenvalue weighted by atomic mass is 16.2. The molecule has 1 heterocycles. The largest absolute Gasteiger partial charge is 0.368 e. The van der Waals surface area contributed by atoms with Crippen molar-refractivity contribution >= 4 is 11.7 Å². The molecule has 1 N–H and O–H groups in total. The van der Waals surface area contributed by atoms with Crippen LogP contribution in [0.15, 0.2) is 16.6 Å². The van der Waals surface area contributed by atoms with Gasteiger partial charge in [-0.3, -0.25) is 9.79 Å². The Kier molecular flexibility index (Phi) is 3.28. The first-order chi connectivity index (χ1) is 6.50. The molecule has 0 spiro atoms. The molecule has 0 bridgehead atoms. The number of amides is 1. The van der Waals surface area contributed by atoms with Gasteiger partial charge in [0, 0.05) is 25.7 Å². The van der Waals surface area contributed by atoms with Crippen LogP contribution in [0.25, 0.3) is 0 Å². The van der Waals surface area contributed by atoms with Crippen LogP contribution < -0.4 is 5.32 Å². The predicted molar refractivity (Wildman–Crippen MR) is 57.4 cm³/mol. The van der Waals surface area contributed by atoms with Gasteiger partial charge in [-0.05, 0) is 19.9 Å². The Morgan fingerprint density at radius 1 is 1.57 bits per heavy atom. The maximum absolute atomic E-state index is 11.5. The van der Waals surface area contributed by atoms with E-state index < -0.39 is 0 Å². The van der Waals surface area contributed by atoms with Crippen molar-refractivity contribution in [1.82, 2.24) is 10.2 Å². The van der Waals surface area contributed by atoms with Gasteiger partial charge in [0.05, 0.1) is 6.54 Å². The van der Waals surface area contributed by atoms with Crippen LogP contribution in [0.1, 0.15) is 13.8 Å². The molecule has 0 fully saturated rings. The highest BCUT2D eigenvalue weighted by Crippen LogP contribution is 2.07. The van der Waals surface area contributed by atoms with Crippen molar-refractivity contribution in [3.8, 4) is 0 Å². The Hall–Kier alpha value is -1.32. The Labute approximate surface area is 84.7 Å². The van der Waals surface area contributed by atoms with Gasteiger partial charge in [-0.15, -0.1) is 0 Å². The molecule has 1 rings (SSSR count). The molecule has 0 aromatic heterocycles. The molecule has 4 nitrogen and oxygen atoms in total. The summed E-state index contributed by atoms with van der Waals surface area (Å²) in [4.78, 5) is 17.3. The van der Waals surface area contributed by atoms with Crippen molar-refractivity contribution in [2.45, 2.75) is 19.9 Å². The molecular weight excluding hydrogens is 178 g/mol. The van der Waals surface area contributed by atoms with Crippen molar-refractivity contribution in [3.63, 3.8) is 0 Å². The number of aliphatic imine (C=N–C) groups is 1. The quantitative estimate of drug-likeness (QED) is 0.693. The molecule has 0 aromatic rings. The molecule has 0 saturated heterocycles. The van der Waals surface area contributed by atoms with Crippen LogP contribution in [0.4, 0.5) is 0 Å². The minimum atomic E-state index is 0.0364. The molecule has 1 aliphatic rings. The molecular formula is C10H17N3O. The predicted octanol–water partition coefficient (Wildman–Crippen LogP) is 0.411. The van der Waals surface area contributed by atoms with E-state index in [4.69, 9.17) is 0 Å². The normalized spacial score (nSPS) is 15.2. The van der Waals surface area contributed by atoms with E-state index in [0.717, 1.165) is 11.4 Å². The summed E-state index contributed by atoms with van der Waals surface area (Å²) in [5.41, 5.74) is 0.748. The molecule has 0 aliphatic carbocycles. The van der Waals surface area contributed by atoms with E-state index in [0.29, 0.717) is 12.6 Å². The van der Waals surface area contributed by atoms with Crippen molar-refractivity contribution in [3.05, 3.63) is 11.6 Å². The Morgan fingerprint density at radius 2 is 2.21 bits per heavy atom. The van der Waals surface area contributed by atoms with E-state index in [9.17, 15) is 4.79 Å². The second kappa shape index (κ2) is 4.26. The van der Waals surface area contributed by atoms with Crippen LogP contribution in [0.2, 0.25) is 0 Å². The van der Waals surface area contributed by atoms with Crippen molar-refractivity contribution in [2.24, 2.45) is 4.99 Å². The zero-order chi connectivity index (χ0) is 10.7. The fourth-order valence-electron chi connectivity index (χ4n) is 1.23. The average Bonchev–Trinajstić information content (AvgIpc) is 2.50. The summed E-state index contributed by atoms with van der Waals surface area (Å²) in [5.74, 6) is 0.847. The third-order valence-corrected chi connectivity index (χ3v) is 1.85. The first kappa shape index (κ1) is 10.8. The number of carbonyl (C=O) groups excluding carboxylic acids is 1. The van der Waals surface area contributed by atoms with E-state index in [1.807, 2.05) is 19.9 Å². The number of amidine groups is 1. The smallest absolute Gasteiger partial charge is 0.251 e. The van der Waals surface area contributed by atoms with Gasteiger partial charge in [0.1, 0.15) is 5.84 Å². The van der Waals surface area contributed by atoms with Gasteiger partial charge >= 0.3 is 0 Å². The number of hydrogen-bond donors (Lipinski definition) is 1. The fourth-order valence-corrected chi connectivity index (χ4v) is 1.23. The van der Waals surface area contributed by atoms with Crippen LogP contribution in [-0.4, -0.2) is 43.3 Å². The first-order valence-corrected chi connectivity index (χ1v) is 4.74. The van der Waals surface area contributed by atoms with Gasteiger partial charge in [0.25, 0.3) is 5.91 Å². The number of likely N-dealkylation sites (N-methyl/N-ethyl adjacent to an activating group) is 1. The molecule has 0 atom stereocenters. The van der Waals surface area contributed by atoms with E-state index in [1.165, 1.54) is 0 Å². The molecule has 0 radical (unpaired) electrons. The lowest BCUT2D eigenvalue weighted by Gasteiger charge is -2.09. The summed E-state index contributed by atoms with van der Waals surface area (Å²) in [6.07, 6.45) is 1.82. The second-order valence-electron chi connectivity index (χ2n) is 3.87. The van der Waals surface area contributed by atoms with E-state index >= 15 is 0 Å². The van der Waals surface area contributed by atoms with E-state index in [-0.39, 0.29) is 5.91 Å². The minimum absolute atomic E-state index is 0.0364. The zero-order valence-corrected chi connectivity index (χ0v) is 9.16. The molecule has 1 aliphatic heterocycles. The SMILES string of the molecule is CC(C)NC1=NCC(C(=O)N(C)C)=C1. The monoisotopic (exact) mass is 195 g/mol. The van der Waals surface area contributed by atoms with Crippen molar-refractivity contribution in [2.75, 3.05) is 20.6 Å². The Balaban J connectivity index is 2.59. The lowest BCUT2D eigenvalue weighted by atomic mass is 10.2. The minimum Gasteiger partial charge on any atom is -0.368 e. The third-order valence-electron chi connectivity index (χ3n) is 1.85. The van der Waals surface area contributed by atoms with Gasteiger partial charge in [-0.2, -0.15) is 0 Å². The molecule has 0 saturated carbocycles. The Morgan fingerprint density at radius 3 is 2.71 bits per heavy atom. The van der Waals surface area contributed by atoms with Crippen LogP contribution in [-0.2, 0) is 4.79 Å².